The lowest BCUT2D eigenvalue weighted by molar-refractivity contribution is 0.191. The first-order valence-corrected chi connectivity index (χ1v) is 6.03. The van der Waals surface area contributed by atoms with E-state index in [0.717, 1.165) is 25.2 Å². The molecule has 1 heterocycles. The van der Waals surface area contributed by atoms with E-state index in [1.807, 2.05) is 24.3 Å². The lowest BCUT2D eigenvalue weighted by Crippen LogP contribution is -2.03. The van der Waals surface area contributed by atoms with Crippen LogP contribution in [0.4, 0.5) is 0 Å². The van der Waals surface area contributed by atoms with Crippen LogP contribution in [-0.2, 0) is 4.74 Å². The van der Waals surface area contributed by atoms with Crippen LogP contribution in [0, 0.1) is 0 Å². The third kappa shape index (κ3) is 2.68. The van der Waals surface area contributed by atoms with E-state index in [9.17, 15) is 5.11 Å². The molecule has 3 rings (SSSR count). The van der Waals surface area contributed by atoms with Crippen LogP contribution >= 0.6 is 0 Å². The number of hydrogen-bond donors (Lipinski definition) is 1. The van der Waals surface area contributed by atoms with Crippen LogP contribution in [0.5, 0.6) is 5.75 Å². The molecule has 0 saturated carbocycles. The van der Waals surface area contributed by atoms with Crippen molar-refractivity contribution in [2.45, 2.75) is 25.0 Å². The zero-order valence-corrected chi connectivity index (χ0v) is 9.63. The molecule has 1 aliphatic carbocycles. The molecule has 0 radical (unpaired) electrons. The van der Waals surface area contributed by atoms with Gasteiger partial charge in [-0.1, -0.05) is 18.2 Å². The first-order valence-electron chi connectivity index (χ1n) is 6.03. The highest BCUT2D eigenvalue weighted by atomic mass is 16.6. The second-order valence-corrected chi connectivity index (χ2v) is 4.61. The fraction of sp³-hybridized carbons (Fsp3) is 0.429. The predicted octanol–water partition coefficient (Wildman–Crippen LogP) is 2.00. The van der Waals surface area contributed by atoms with Gasteiger partial charge >= 0.3 is 0 Å². The van der Waals surface area contributed by atoms with Crippen molar-refractivity contribution in [1.29, 1.82) is 0 Å². The maximum atomic E-state index is 9.48. The smallest absolute Gasteiger partial charge is 0.119 e. The van der Waals surface area contributed by atoms with E-state index in [2.05, 4.69) is 6.08 Å². The Morgan fingerprint density at radius 2 is 2.06 bits per heavy atom. The first kappa shape index (κ1) is 10.8. The SMILES string of the molecule is OC1CC=C(c2ccc(OCC3CO3)cc2)C1. The average molecular weight is 232 g/mol. The molecule has 2 unspecified atom stereocenters. The molecule has 2 atom stereocenters. The minimum absolute atomic E-state index is 0.201. The van der Waals surface area contributed by atoms with E-state index in [4.69, 9.17) is 9.47 Å². The second-order valence-electron chi connectivity index (χ2n) is 4.61. The largest absolute Gasteiger partial charge is 0.491 e. The Morgan fingerprint density at radius 1 is 1.29 bits per heavy atom. The van der Waals surface area contributed by atoms with E-state index in [1.165, 1.54) is 11.1 Å². The van der Waals surface area contributed by atoms with Gasteiger partial charge in [-0.25, -0.2) is 0 Å². The number of rotatable bonds is 4. The summed E-state index contributed by atoms with van der Waals surface area (Å²) in [4.78, 5) is 0. The van der Waals surface area contributed by atoms with Gasteiger partial charge < -0.3 is 14.6 Å². The minimum Gasteiger partial charge on any atom is -0.491 e. The Morgan fingerprint density at radius 3 is 2.65 bits per heavy atom. The average Bonchev–Trinajstić information content (AvgIpc) is 3.09. The Labute approximate surface area is 101 Å². The Hall–Kier alpha value is -1.32. The van der Waals surface area contributed by atoms with E-state index < -0.39 is 0 Å². The van der Waals surface area contributed by atoms with Crippen LogP contribution in [0.3, 0.4) is 0 Å². The summed E-state index contributed by atoms with van der Waals surface area (Å²) in [6.07, 6.45) is 3.73. The molecule has 0 aromatic heterocycles. The lowest BCUT2D eigenvalue weighted by atomic mass is 10.1. The predicted molar refractivity (Wildman–Crippen MR) is 64.9 cm³/mol. The van der Waals surface area contributed by atoms with Gasteiger partial charge in [-0.2, -0.15) is 0 Å². The van der Waals surface area contributed by atoms with Crippen LogP contribution in [0.1, 0.15) is 18.4 Å². The van der Waals surface area contributed by atoms with Crippen molar-refractivity contribution >= 4 is 5.57 Å². The third-order valence-corrected chi connectivity index (χ3v) is 3.16. The lowest BCUT2D eigenvalue weighted by Gasteiger charge is -2.07. The van der Waals surface area contributed by atoms with Gasteiger partial charge in [0.05, 0.1) is 12.7 Å². The molecule has 0 bridgehead atoms. The molecule has 1 aromatic rings. The normalized spacial score (nSPS) is 26.8. The van der Waals surface area contributed by atoms with E-state index in [1.54, 1.807) is 0 Å². The molecule has 3 heteroatoms. The van der Waals surface area contributed by atoms with Crippen molar-refractivity contribution in [3.8, 4) is 5.75 Å². The number of epoxide rings is 1. The maximum absolute atomic E-state index is 9.48. The molecule has 0 spiro atoms. The molecule has 17 heavy (non-hydrogen) atoms. The number of aliphatic hydroxyl groups is 1. The van der Waals surface area contributed by atoms with Gasteiger partial charge in [0.2, 0.25) is 0 Å². The Kier molecular flexibility index (Phi) is 2.87. The van der Waals surface area contributed by atoms with Crippen LogP contribution in [0.2, 0.25) is 0 Å². The van der Waals surface area contributed by atoms with Gasteiger partial charge in [0.25, 0.3) is 0 Å². The molecule has 1 aliphatic heterocycles. The van der Waals surface area contributed by atoms with Gasteiger partial charge in [-0.3, -0.25) is 0 Å². The highest BCUT2D eigenvalue weighted by Gasteiger charge is 2.23. The van der Waals surface area contributed by atoms with Crippen LogP contribution in [0.25, 0.3) is 5.57 Å². The fourth-order valence-electron chi connectivity index (χ4n) is 2.05. The summed E-state index contributed by atoms with van der Waals surface area (Å²) < 4.78 is 10.7. The number of ether oxygens (including phenoxy) is 2. The topological polar surface area (TPSA) is 42.0 Å². The van der Waals surface area contributed by atoms with Gasteiger partial charge in [0.1, 0.15) is 18.5 Å². The molecule has 1 N–H and O–H groups in total. The van der Waals surface area contributed by atoms with Crippen LogP contribution in [-0.4, -0.2) is 30.5 Å². The number of benzene rings is 1. The highest BCUT2D eigenvalue weighted by molar-refractivity contribution is 5.68. The number of aliphatic hydroxyl groups excluding tert-OH is 1. The Bertz CT molecular complexity index is 418. The summed E-state index contributed by atoms with van der Waals surface area (Å²) in [7, 11) is 0. The van der Waals surface area contributed by atoms with Gasteiger partial charge in [0, 0.05) is 0 Å². The molecule has 1 fully saturated rings. The third-order valence-electron chi connectivity index (χ3n) is 3.16. The summed E-state index contributed by atoms with van der Waals surface area (Å²) in [6.45, 7) is 1.46. The molecule has 1 saturated heterocycles. The fourth-order valence-corrected chi connectivity index (χ4v) is 2.05. The summed E-state index contributed by atoms with van der Waals surface area (Å²) in [5.41, 5.74) is 2.41. The van der Waals surface area contributed by atoms with Crippen molar-refractivity contribution in [2.24, 2.45) is 0 Å². The van der Waals surface area contributed by atoms with Gasteiger partial charge in [0.15, 0.2) is 0 Å². The monoisotopic (exact) mass is 232 g/mol. The zero-order valence-electron chi connectivity index (χ0n) is 9.63. The molecule has 90 valence electrons. The number of hydrogen-bond acceptors (Lipinski definition) is 3. The molecular weight excluding hydrogens is 216 g/mol. The molecule has 3 nitrogen and oxygen atoms in total. The van der Waals surface area contributed by atoms with Gasteiger partial charge in [-0.05, 0) is 36.1 Å². The van der Waals surface area contributed by atoms with Crippen molar-refractivity contribution < 1.29 is 14.6 Å². The first-order chi connectivity index (χ1) is 8.31. The Balaban J connectivity index is 1.62. The molecule has 0 amide bonds. The summed E-state index contributed by atoms with van der Waals surface area (Å²) in [5.74, 6) is 0.878. The molecule has 1 aromatic carbocycles. The van der Waals surface area contributed by atoms with Crippen molar-refractivity contribution in [1.82, 2.24) is 0 Å². The quantitative estimate of drug-likeness (QED) is 0.807. The summed E-state index contributed by atoms with van der Waals surface area (Å²) >= 11 is 0. The molecule has 2 aliphatic rings. The standard InChI is InChI=1S/C14H16O3/c15-12-4-1-11(7-12)10-2-5-13(6-3-10)16-8-14-9-17-14/h1-3,5-6,12,14-15H,4,7-9H2. The minimum atomic E-state index is -0.201. The summed E-state index contributed by atoms with van der Waals surface area (Å²) in [5, 5.41) is 9.48. The van der Waals surface area contributed by atoms with E-state index in [-0.39, 0.29) is 6.10 Å². The molecular formula is C14H16O3. The highest BCUT2D eigenvalue weighted by Crippen LogP contribution is 2.29. The van der Waals surface area contributed by atoms with Crippen molar-refractivity contribution in [3.05, 3.63) is 35.9 Å². The van der Waals surface area contributed by atoms with Crippen LogP contribution in [0.15, 0.2) is 30.3 Å². The second kappa shape index (κ2) is 4.51. The van der Waals surface area contributed by atoms with Gasteiger partial charge in [-0.15, -0.1) is 0 Å². The summed E-state index contributed by atoms with van der Waals surface area (Å²) in [6, 6.07) is 8.05. The van der Waals surface area contributed by atoms with Crippen molar-refractivity contribution in [3.63, 3.8) is 0 Å². The van der Waals surface area contributed by atoms with E-state index in [0.29, 0.717) is 12.7 Å². The van der Waals surface area contributed by atoms with Crippen molar-refractivity contribution in [2.75, 3.05) is 13.2 Å². The maximum Gasteiger partial charge on any atom is 0.119 e. The van der Waals surface area contributed by atoms with Crippen LogP contribution < -0.4 is 4.74 Å². The zero-order chi connectivity index (χ0) is 11.7. The van der Waals surface area contributed by atoms with E-state index >= 15 is 0 Å².